The van der Waals surface area contributed by atoms with E-state index in [1.165, 1.54) is 5.56 Å². The quantitative estimate of drug-likeness (QED) is 0.775. The molecule has 27 heavy (non-hydrogen) atoms. The molecular formula is C22H26N2O2S. The molecule has 0 aliphatic carbocycles. The molecule has 1 aliphatic heterocycles. The zero-order chi connectivity index (χ0) is 19.6. The molecule has 0 saturated carbocycles. The Morgan fingerprint density at radius 2 is 1.81 bits per heavy atom. The number of benzene rings is 2. The molecule has 0 unspecified atom stereocenters. The first kappa shape index (κ1) is 19.5. The van der Waals surface area contributed by atoms with Crippen LogP contribution in [0.15, 0.2) is 48.5 Å². The average Bonchev–Trinajstić information content (AvgIpc) is 3.03. The zero-order valence-electron chi connectivity index (χ0n) is 16.2. The van der Waals surface area contributed by atoms with E-state index >= 15 is 0 Å². The van der Waals surface area contributed by atoms with Gasteiger partial charge in [-0.2, -0.15) is 0 Å². The summed E-state index contributed by atoms with van der Waals surface area (Å²) in [7, 11) is 0. The zero-order valence-corrected chi connectivity index (χ0v) is 17.0. The normalized spacial score (nSPS) is 17.0. The molecule has 0 aromatic heterocycles. The summed E-state index contributed by atoms with van der Waals surface area (Å²) in [5.74, 6) is 0.938. The number of amides is 2. The maximum atomic E-state index is 12.6. The Bertz CT molecular complexity index is 830. The molecule has 1 atom stereocenters. The predicted octanol–water partition coefficient (Wildman–Crippen LogP) is 5.18. The van der Waals surface area contributed by atoms with Crippen molar-refractivity contribution in [3.05, 3.63) is 59.7 Å². The minimum absolute atomic E-state index is 0.0107. The number of nitrogens with zero attached hydrogens (tertiary/aromatic N) is 1. The van der Waals surface area contributed by atoms with Crippen molar-refractivity contribution < 1.29 is 9.59 Å². The Kier molecular flexibility index (Phi) is 5.90. The summed E-state index contributed by atoms with van der Waals surface area (Å²) in [6.45, 7) is 8.05. The maximum absolute atomic E-state index is 12.6. The highest BCUT2D eigenvalue weighted by Gasteiger charge is 2.34. The summed E-state index contributed by atoms with van der Waals surface area (Å²) >= 11 is 1.61. The lowest BCUT2D eigenvalue weighted by Gasteiger charge is -2.25. The van der Waals surface area contributed by atoms with Crippen LogP contribution in [0.2, 0.25) is 0 Å². The lowest BCUT2D eigenvalue weighted by Crippen LogP contribution is -2.27. The fourth-order valence-corrected chi connectivity index (χ4v) is 4.19. The van der Waals surface area contributed by atoms with E-state index in [-0.39, 0.29) is 23.1 Å². The van der Waals surface area contributed by atoms with Crippen LogP contribution >= 0.6 is 11.8 Å². The van der Waals surface area contributed by atoms with Crippen LogP contribution in [0, 0.1) is 5.92 Å². The van der Waals surface area contributed by atoms with E-state index < -0.39 is 0 Å². The summed E-state index contributed by atoms with van der Waals surface area (Å²) < 4.78 is 0. The molecule has 3 rings (SSSR count). The van der Waals surface area contributed by atoms with Crippen LogP contribution in [0.1, 0.15) is 50.1 Å². The Morgan fingerprint density at radius 3 is 2.44 bits per heavy atom. The van der Waals surface area contributed by atoms with Gasteiger partial charge in [0.25, 0.3) is 0 Å². The minimum atomic E-state index is -0.0849. The molecule has 4 nitrogen and oxygen atoms in total. The van der Waals surface area contributed by atoms with E-state index in [0.29, 0.717) is 11.7 Å². The predicted molar refractivity (Wildman–Crippen MR) is 113 cm³/mol. The molecule has 2 aromatic carbocycles. The molecule has 1 aliphatic rings. The van der Waals surface area contributed by atoms with Crippen LogP contribution in [0.4, 0.5) is 11.4 Å². The molecule has 2 amide bonds. The number of anilines is 2. The van der Waals surface area contributed by atoms with E-state index in [4.69, 9.17) is 0 Å². The Morgan fingerprint density at radius 1 is 1.11 bits per heavy atom. The number of hydrogen-bond donors (Lipinski definition) is 1. The monoisotopic (exact) mass is 382 g/mol. The molecule has 1 N–H and O–H groups in total. The van der Waals surface area contributed by atoms with E-state index in [0.717, 1.165) is 16.9 Å². The highest BCUT2D eigenvalue weighted by atomic mass is 32.2. The van der Waals surface area contributed by atoms with Gasteiger partial charge in [-0.15, -0.1) is 11.8 Å². The van der Waals surface area contributed by atoms with Crippen LogP contribution in [0.3, 0.4) is 0 Å². The summed E-state index contributed by atoms with van der Waals surface area (Å²) in [5, 5.41) is 2.85. The third-order valence-electron chi connectivity index (χ3n) is 4.67. The first-order chi connectivity index (χ1) is 12.9. The van der Waals surface area contributed by atoms with Gasteiger partial charge in [0.05, 0.1) is 5.75 Å². The topological polar surface area (TPSA) is 49.4 Å². The third-order valence-corrected chi connectivity index (χ3v) is 5.88. The number of carbonyl (C=O) groups excluding carboxylic acids is 2. The molecule has 1 saturated heterocycles. The number of hydrogen-bond acceptors (Lipinski definition) is 3. The van der Waals surface area contributed by atoms with Gasteiger partial charge in [0, 0.05) is 17.3 Å². The highest BCUT2D eigenvalue weighted by molar-refractivity contribution is 8.00. The van der Waals surface area contributed by atoms with E-state index in [1.54, 1.807) is 11.8 Å². The van der Waals surface area contributed by atoms with E-state index in [2.05, 4.69) is 31.3 Å². The van der Waals surface area contributed by atoms with Gasteiger partial charge in [0.15, 0.2) is 0 Å². The first-order valence-electron chi connectivity index (χ1n) is 9.31. The molecule has 0 bridgehead atoms. The van der Waals surface area contributed by atoms with Gasteiger partial charge < -0.3 is 5.32 Å². The largest absolute Gasteiger partial charge is 0.326 e. The van der Waals surface area contributed by atoms with Crippen molar-refractivity contribution in [2.75, 3.05) is 16.0 Å². The van der Waals surface area contributed by atoms with Gasteiger partial charge in [-0.05, 0) is 41.3 Å². The van der Waals surface area contributed by atoms with E-state index in [1.807, 2.05) is 55.1 Å². The number of rotatable bonds is 5. The molecule has 0 radical (unpaired) electrons. The van der Waals surface area contributed by atoms with Crippen molar-refractivity contribution in [2.24, 2.45) is 5.92 Å². The van der Waals surface area contributed by atoms with Gasteiger partial charge in [0.2, 0.25) is 11.8 Å². The first-order valence-corrected chi connectivity index (χ1v) is 10.4. The Labute approximate surface area is 165 Å². The van der Waals surface area contributed by atoms with Crippen LogP contribution in [-0.4, -0.2) is 17.6 Å². The second-order valence-corrected chi connectivity index (χ2v) is 8.51. The van der Waals surface area contributed by atoms with Crippen LogP contribution < -0.4 is 10.2 Å². The van der Waals surface area contributed by atoms with Gasteiger partial charge in [-0.3, -0.25) is 14.5 Å². The summed E-state index contributed by atoms with van der Waals surface area (Å²) in [4.78, 5) is 26.4. The number of nitrogens with one attached hydrogen (secondary N) is 1. The second kappa shape index (κ2) is 8.17. The summed E-state index contributed by atoms with van der Waals surface area (Å²) in [5.41, 5.74) is 3.95. The van der Waals surface area contributed by atoms with Gasteiger partial charge in [0.1, 0.15) is 5.37 Å². The lowest BCUT2D eigenvalue weighted by atomic mass is 10.0. The molecule has 2 aromatic rings. The SMILES string of the molecule is CC(C)C(=O)Nc1cccc([C@@H]2SCC(=O)N2c2ccc(C(C)C)cc2)c1. The van der Waals surface area contributed by atoms with Crippen LogP contribution in [0.5, 0.6) is 0 Å². The maximum Gasteiger partial charge on any atom is 0.238 e. The third kappa shape index (κ3) is 4.35. The Balaban J connectivity index is 1.87. The summed E-state index contributed by atoms with van der Waals surface area (Å²) in [6.07, 6.45) is 0. The smallest absolute Gasteiger partial charge is 0.238 e. The standard InChI is InChI=1S/C22H26N2O2S/c1-14(2)16-8-10-19(11-9-16)24-20(25)13-27-22(24)17-6-5-7-18(12-17)23-21(26)15(3)4/h5-12,14-15,22H,13H2,1-4H3,(H,23,26)/t22-/m0/s1. The second-order valence-electron chi connectivity index (χ2n) is 7.44. The fraction of sp³-hybridized carbons (Fsp3) is 0.364. The molecule has 1 heterocycles. The van der Waals surface area contributed by atoms with Crippen molar-refractivity contribution >= 4 is 35.0 Å². The number of carbonyl (C=O) groups is 2. The van der Waals surface area contributed by atoms with Gasteiger partial charge in [-0.1, -0.05) is 52.0 Å². The molecule has 5 heteroatoms. The van der Waals surface area contributed by atoms with Crippen molar-refractivity contribution in [1.29, 1.82) is 0 Å². The number of thioether (sulfide) groups is 1. The highest BCUT2D eigenvalue weighted by Crippen LogP contribution is 2.42. The van der Waals surface area contributed by atoms with Crippen LogP contribution in [-0.2, 0) is 9.59 Å². The fourth-order valence-electron chi connectivity index (χ4n) is 3.03. The minimum Gasteiger partial charge on any atom is -0.326 e. The van der Waals surface area contributed by atoms with Gasteiger partial charge >= 0.3 is 0 Å². The van der Waals surface area contributed by atoms with Crippen molar-refractivity contribution in [2.45, 2.75) is 39.0 Å². The molecule has 0 spiro atoms. The van der Waals surface area contributed by atoms with Gasteiger partial charge in [-0.25, -0.2) is 0 Å². The van der Waals surface area contributed by atoms with Crippen LogP contribution in [0.25, 0.3) is 0 Å². The molecule has 1 fully saturated rings. The summed E-state index contributed by atoms with van der Waals surface area (Å²) in [6, 6.07) is 16.0. The lowest BCUT2D eigenvalue weighted by molar-refractivity contribution is -0.119. The Hall–Kier alpha value is -2.27. The van der Waals surface area contributed by atoms with Crippen molar-refractivity contribution in [3.8, 4) is 0 Å². The average molecular weight is 383 g/mol. The molecular weight excluding hydrogens is 356 g/mol. The van der Waals surface area contributed by atoms with Crippen molar-refractivity contribution in [3.63, 3.8) is 0 Å². The van der Waals surface area contributed by atoms with E-state index in [9.17, 15) is 9.59 Å². The molecule has 142 valence electrons. The van der Waals surface area contributed by atoms with Crippen molar-refractivity contribution in [1.82, 2.24) is 0 Å².